The van der Waals surface area contributed by atoms with Crippen LogP contribution in [0.15, 0.2) is 53.5 Å². The van der Waals surface area contributed by atoms with Crippen LogP contribution in [0, 0.1) is 0 Å². The molecule has 0 saturated heterocycles. The van der Waals surface area contributed by atoms with E-state index in [1.165, 1.54) is 0 Å². The minimum Gasteiger partial charge on any atom is -0.508 e. The molecule has 1 aliphatic rings. The number of aromatic hydroxyl groups is 2. The van der Waals surface area contributed by atoms with Crippen LogP contribution >= 0.6 is 0 Å². The molecule has 2 aromatic rings. The number of hydrogen-bond acceptors (Lipinski definition) is 5. The molecule has 23 heavy (non-hydrogen) atoms. The lowest BCUT2D eigenvalue weighted by Crippen LogP contribution is -2.46. The van der Waals surface area contributed by atoms with Gasteiger partial charge in [0, 0.05) is 29.9 Å². The molecule has 2 aromatic carbocycles. The van der Waals surface area contributed by atoms with E-state index in [1.54, 1.807) is 24.3 Å². The zero-order chi connectivity index (χ0) is 16.2. The molecule has 5 nitrogen and oxygen atoms in total. The van der Waals surface area contributed by atoms with Crippen molar-refractivity contribution >= 4 is 17.2 Å². The zero-order valence-electron chi connectivity index (χ0n) is 13.2. The second-order valence-corrected chi connectivity index (χ2v) is 5.61. The molecule has 1 heterocycles. The van der Waals surface area contributed by atoms with E-state index in [4.69, 9.17) is 4.99 Å². The van der Waals surface area contributed by atoms with Gasteiger partial charge in [0.05, 0.1) is 6.67 Å². The molecule has 0 spiro atoms. The maximum absolute atomic E-state index is 9.77. The van der Waals surface area contributed by atoms with Crippen LogP contribution in [0.1, 0.15) is 19.8 Å². The lowest BCUT2D eigenvalue weighted by atomic mass is 10.2. The largest absolute Gasteiger partial charge is 0.508 e. The van der Waals surface area contributed by atoms with Crippen LogP contribution in [0.3, 0.4) is 0 Å². The van der Waals surface area contributed by atoms with Crippen LogP contribution < -0.4 is 9.80 Å². The van der Waals surface area contributed by atoms with Gasteiger partial charge in [-0.05, 0) is 30.7 Å². The fourth-order valence-electron chi connectivity index (χ4n) is 2.73. The second kappa shape index (κ2) is 6.60. The van der Waals surface area contributed by atoms with Gasteiger partial charge >= 0.3 is 0 Å². The Morgan fingerprint density at radius 3 is 2.30 bits per heavy atom. The van der Waals surface area contributed by atoms with E-state index in [1.807, 2.05) is 24.3 Å². The third-order valence-electron chi connectivity index (χ3n) is 3.86. The number of benzene rings is 2. The maximum atomic E-state index is 9.77. The average molecular weight is 311 g/mol. The van der Waals surface area contributed by atoms with Gasteiger partial charge < -0.3 is 20.0 Å². The van der Waals surface area contributed by atoms with Gasteiger partial charge in [-0.2, -0.15) is 0 Å². The Labute approximate surface area is 136 Å². The van der Waals surface area contributed by atoms with Crippen molar-refractivity contribution in [1.82, 2.24) is 0 Å². The molecule has 0 saturated carbocycles. The van der Waals surface area contributed by atoms with Crippen molar-refractivity contribution in [3.8, 4) is 11.5 Å². The van der Waals surface area contributed by atoms with Crippen LogP contribution in [0.25, 0.3) is 0 Å². The van der Waals surface area contributed by atoms with E-state index in [-0.39, 0.29) is 11.5 Å². The number of phenolic OH excluding ortho intramolecular Hbond substituents is 2. The van der Waals surface area contributed by atoms with E-state index in [9.17, 15) is 10.2 Å². The summed E-state index contributed by atoms with van der Waals surface area (Å²) in [4.78, 5) is 8.89. The van der Waals surface area contributed by atoms with Crippen LogP contribution in [-0.2, 0) is 0 Å². The van der Waals surface area contributed by atoms with Crippen molar-refractivity contribution in [2.45, 2.75) is 19.8 Å². The van der Waals surface area contributed by atoms with E-state index in [2.05, 4.69) is 16.7 Å². The molecule has 0 fully saturated rings. The molecule has 0 aliphatic carbocycles. The van der Waals surface area contributed by atoms with Crippen LogP contribution in [0.4, 0.5) is 11.4 Å². The van der Waals surface area contributed by atoms with Crippen molar-refractivity contribution in [2.75, 3.05) is 23.1 Å². The van der Waals surface area contributed by atoms with E-state index in [0.717, 1.165) is 30.1 Å². The smallest absolute Gasteiger partial charge is 0.117 e. The van der Waals surface area contributed by atoms with Crippen molar-refractivity contribution in [1.29, 1.82) is 0 Å². The Morgan fingerprint density at radius 1 is 1.00 bits per heavy atom. The lowest BCUT2D eigenvalue weighted by molar-refractivity contribution is 0.475. The van der Waals surface area contributed by atoms with Crippen molar-refractivity contribution in [2.24, 2.45) is 4.99 Å². The molecular weight excluding hydrogens is 290 g/mol. The number of aliphatic imine (C=N–C) groups is 1. The molecule has 0 unspecified atom stereocenters. The Bertz CT molecular complexity index is 715. The summed E-state index contributed by atoms with van der Waals surface area (Å²) in [5.74, 6) is 1.51. The Balaban J connectivity index is 1.92. The Hall–Kier alpha value is -2.69. The topological polar surface area (TPSA) is 59.3 Å². The average Bonchev–Trinajstić information content (AvgIpc) is 2.55. The molecule has 3 rings (SSSR count). The van der Waals surface area contributed by atoms with Gasteiger partial charge in [-0.1, -0.05) is 19.1 Å². The molecule has 2 N–H and O–H groups in total. The summed E-state index contributed by atoms with van der Waals surface area (Å²) in [7, 11) is 0. The summed E-state index contributed by atoms with van der Waals surface area (Å²) >= 11 is 0. The van der Waals surface area contributed by atoms with Crippen molar-refractivity contribution < 1.29 is 10.2 Å². The summed E-state index contributed by atoms with van der Waals surface area (Å²) in [6.45, 7) is 3.32. The molecule has 0 amide bonds. The highest BCUT2D eigenvalue weighted by atomic mass is 16.3. The first-order valence-electron chi connectivity index (χ1n) is 7.81. The highest BCUT2D eigenvalue weighted by Gasteiger charge is 2.22. The predicted octanol–water partition coefficient (Wildman–Crippen LogP) is 3.54. The highest BCUT2D eigenvalue weighted by Crippen LogP contribution is 2.27. The normalized spacial score (nSPS) is 14.7. The third-order valence-corrected chi connectivity index (χ3v) is 3.86. The first-order chi connectivity index (χ1) is 11.2. The quantitative estimate of drug-likeness (QED) is 0.907. The fourth-order valence-corrected chi connectivity index (χ4v) is 2.73. The third kappa shape index (κ3) is 3.39. The summed E-state index contributed by atoms with van der Waals surface area (Å²) in [5, 5.41) is 19.5. The second-order valence-electron chi connectivity index (χ2n) is 5.61. The van der Waals surface area contributed by atoms with Gasteiger partial charge in [0.25, 0.3) is 0 Å². The molecule has 0 bridgehead atoms. The lowest BCUT2D eigenvalue weighted by Gasteiger charge is -2.37. The summed E-state index contributed by atoms with van der Waals surface area (Å²) < 4.78 is 0. The van der Waals surface area contributed by atoms with Gasteiger partial charge in [-0.3, -0.25) is 4.99 Å². The minimum atomic E-state index is 0.243. The van der Waals surface area contributed by atoms with Crippen molar-refractivity contribution in [3.63, 3.8) is 0 Å². The maximum Gasteiger partial charge on any atom is 0.117 e. The first-order valence-corrected chi connectivity index (χ1v) is 7.81. The molecule has 1 aliphatic heterocycles. The number of rotatable bonds is 4. The number of amidine groups is 1. The summed E-state index contributed by atoms with van der Waals surface area (Å²) in [6, 6.07) is 14.4. The molecule has 5 heteroatoms. The number of phenols is 2. The number of anilines is 2. The SMILES string of the molecule is CCCC1=NCN(c2cccc(O)c2)CN1c1cccc(O)c1. The van der Waals surface area contributed by atoms with Crippen LogP contribution in [0.2, 0.25) is 0 Å². The summed E-state index contributed by atoms with van der Waals surface area (Å²) in [6.07, 6.45) is 1.91. The van der Waals surface area contributed by atoms with Crippen LogP contribution in [0.5, 0.6) is 11.5 Å². The monoisotopic (exact) mass is 311 g/mol. The Kier molecular flexibility index (Phi) is 4.37. The van der Waals surface area contributed by atoms with E-state index >= 15 is 0 Å². The molecule has 120 valence electrons. The highest BCUT2D eigenvalue weighted by molar-refractivity contribution is 5.99. The van der Waals surface area contributed by atoms with Crippen LogP contribution in [-0.4, -0.2) is 29.4 Å². The van der Waals surface area contributed by atoms with Gasteiger partial charge in [0.2, 0.25) is 0 Å². The van der Waals surface area contributed by atoms with E-state index < -0.39 is 0 Å². The van der Waals surface area contributed by atoms with Gasteiger partial charge in [-0.25, -0.2) is 0 Å². The minimum absolute atomic E-state index is 0.243. The number of nitrogens with zero attached hydrogens (tertiary/aromatic N) is 3. The zero-order valence-corrected chi connectivity index (χ0v) is 13.2. The summed E-state index contributed by atoms with van der Waals surface area (Å²) in [5.41, 5.74) is 1.84. The van der Waals surface area contributed by atoms with Gasteiger partial charge in [-0.15, -0.1) is 0 Å². The molecule has 0 atom stereocenters. The van der Waals surface area contributed by atoms with Gasteiger partial charge in [0.15, 0.2) is 0 Å². The standard InChI is InChI=1S/C18H21N3O2/c1-2-5-18-19-12-20(14-6-3-8-16(22)10-14)13-21(18)15-7-4-9-17(23)11-15/h3-4,6-11,22-23H,2,5,12-13H2,1H3. The molecular formula is C18H21N3O2. The molecule has 0 radical (unpaired) electrons. The Morgan fingerprint density at radius 2 is 1.65 bits per heavy atom. The van der Waals surface area contributed by atoms with Gasteiger partial charge in [0.1, 0.15) is 24.0 Å². The number of hydrogen-bond donors (Lipinski definition) is 2. The predicted molar refractivity (Wildman–Crippen MR) is 93.2 cm³/mol. The first kappa shape index (κ1) is 15.2. The van der Waals surface area contributed by atoms with E-state index in [0.29, 0.717) is 13.3 Å². The van der Waals surface area contributed by atoms with Crippen molar-refractivity contribution in [3.05, 3.63) is 48.5 Å². The molecule has 0 aromatic heterocycles. The fraction of sp³-hybridized carbons (Fsp3) is 0.278.